The Bertz CT molecular complexity index is 1740. The van der Waals surface area contributed by atoms with Gasteiger partial charge >= 0.3 is 0 Å². The third-order valence-electron chi connectivity index (χ3n) is 7.41. The number of hydrogen-bond acceptors (Lipinski definition) is 2. The molecule has 180 valence electrons. The lowest BCUT2D eigenvalue weighted by Gasteiger charge is -2.18. The number of para-hydroxylation sites is 3. The standard InChI is InChI=1S/C32H32N3O/c1-19(2)22-11-9-12-23(20(3)4)30(22)35-26-14-8-7-13-25(26)34(6)32(35)28-21(5)16-17-24-29-27(36-31(24)28)15-10-18-33-29/h7-20H,1-6H3/q+1. The highest BCUT2D eigenvalue weighted by atomic mass is 16.3. The first-order valence-corrected chi connectivity index (χ1v) is 12.8. The van der Waals surface area contributed by atoms with Gasteiger partial charge in [-0.2, -0.15) is 4.57 Å². The van der Waals surface area contributed by atoms with Gasteiger partial charge in [-0.25, -0.2) is 4.57 Å². The molecule has 4 nitrogen and oxygen atoms in total. The lowest BCUT2D eigenvalue weighted by Crippen LogP contribution is -2.30. The SMILES string of the molecule is Cc1ccc2c(oc3cccnc32)c1-c1n(-c2c(C(C)C)cccc2C(C)C)c2ccccc2[n+]1C. The fourth-order valence-corrected chi connectivity index (χ4v) is 5.63. The van der Waals surface area contributed by atoms with Gasteiger partial charge in [0.2, 0.25) is 0 Å². The summed E-state index contributed by atoms with van der Waals surface area (Å²) in [4.78, 5) is 4.65. The molecule has 0 saturated carbocycles. The second kappa shape index (κ2) is 8.34. The van der Waals surface area contributed by atoms with E-state index in [0.29, 0.717) is 11.8 Å². The summed E-state index contributed by atoms with van der Waals surface area (Å²) in [6.45, 7) is 11.3. The number of fused-ring (bicyclic) bond motifs is 4. The smallest absolute Gasteiger partial charge is 0.299 e. The summed E-state index contributed by atoms with van der Waals surface area (Å²) in [6, 6.07) is 23.7. The van der Waals surface area contributed by atoms with E-state index in [1.165, 1.54) is 33.4 Å². The monoisotopic (exact) mass is 474 g/mol. The molecule has 36 heavy (non-hydrogen) atoms. The van der Waals surface area contributed by atoms with Crippen LogP contribution in [0, 0.1) is 6.92 Å². The van der Waals surface area contributed by atoms with Crippen LogP contribution >= 0.6 is 0 Å². The predicted molar refractivity (Wildman–Crippen MR) is 148 cm³/mol. The van der Waals surface area contributed by atoms with Gasteiger partial charge in [-0.15, -0.1) is 0 Å². The van der Waals surface area contributed by atoms with Gasteiger partial charge in [0.15, 0.2) is 22.2 Å². The van der Waals surface area contributed by atoms with Crippen molar-refractivity contribution in [3.8, 4) is 17.1 Å². The van der Waals surface area contributed by atoms with Crippen LogP contribution in [0.4, 0.5) is 0 Å². The van der Waals surface area contributed by atoms with Crippen molar-refractivity contribution in [2.45, 2.75) is 46.5 Å². The molecule has 0 aliphatic carbocycles. The molecule has 0 unspecified atom stereocenters. The summed E-state index contributed by atoms with van der Waals surface area (Å²) in [7, 11) is 2.17. The normalized spacial score (nSPS) is 12.1. The molecule has 6 rings (SSSR count). The largest absolute Gasteiger partial charge is 0.453 e. The highest BCUT2D eigenvalue weighted by Gasteiger charge is 2.33. The minimum Gasteiger partial charge on any atom is -0.453 e. The average Bonchev–Trinajstić information content (AvgIpc) is 3.39. The molecular formula is C32H32N3O+. The van der Waals surface area contributed by atoms with Crippen molar-refractivity contribution in [2.24, 2.45) is 7.05 Å². The number of nitrogens with zero attached hydrogens (tertiary/aromatic N) is 3. The van der Waals surface area contributed by atoms with E-state index in [1.807, 2.05) is 18.3 Å². The number of benzene rings is 3. The van der Waals surface area contributed by atoms with Gasteiger partial charge in [-0.3, -0.25) is 4.98 Å². The molecule has 0 atom stereocenters. The molecule has 3 aromatic carbocycles. The molecule has 0 fully saturated rings. The number of pyridine rings is 1. The molecule has 0 saturated heterocycles. The van der Waals surface area contributed by atoms with E-state index < -0.39 is 0 Å². The van der Waals surface area contributed by atoms with Crippen LogP contribution in [-0.4, -0.2) is 9.55 Å². The van der Waals surface area contributed by atoms with E-state index in [1.54, 1.807) is 0 Å². The first kappa shape index (κ1) is 22.5. The Hall–Kier alpha value is -3.92. The van der Waals surface area contributed by atoms with Crippen LogP contribution in [0.15, 0.2) is 77.3 Å². The lowest BCUT2D eigenvalue weighted by molar-refractivity contribution is -0.633. The number of furan rings is 1. The third-order valence-corrected chi connectivity index (χ3v) is 7.41. The third kappa shape index (κ3) is 3.21. The highest BCUT2D eigenvalue weighted by Crippen LogP contribution is 2.41. The van der Waals surface area contributed by atoms with E-state index in [0.717, 1.165) is 33.5 Å². The van der Waals surface area contributed by atoms with Crippen molar-refractivity contribution in [2.75, 3.05) is 0 Å². The Morgan fingerprint density at radius 2 is 1.56 bits per heavy atom. The average molecular weight is 475 g/mol. The van der Waals surface area contributed by atoms with Gasteiger partial charge < -0.3 is 4.42 Å². The molecule has 0 aliphatic rings. The Labute approximate surface area is 211 Å². The number of imidazole rings is 1. The van der Waals surface area contributed by atoms with Crippen LogP contribution < -0.4 is 4.57 Å². The first-order chi connectivity index (χ1) is 17.4. The Kier molecular flexibility index (Phi) is 5.22. The molecule has 3 aromatic heterocycles. The van der Waals surface area contributed by atoms with Gasteiger partial charge in [-0.1, -0.05) is 64.1 Å². The van der Waals surface area contributed by atoms with Crippen LogP contribution in [0.5, 0.6) is 0 Å². The van der Waals surface area contributed by atoms with Crippen molar-refractivity contribution >= 4 is 33.1 Å². The summed E-state index contributed by atoms with van der Waals surface area (Å²) in [5, 5.41) is 1.05. The van der Waals surface area contributed by atoms with Crippen LogP contribution in [0.3, 0.4) is 0 Å². The maximum atomic E-state index is 6.53. The zero-order chi connectivity index (χ0) is 25.1. The second-order valence-electron chi connectivity index (χ2n) is 10.4. The molecular weight excluding hydrogens is 442 g/mol. The van der Waals surface area contributed by atoms with E-state index in [9.17, 15) is 0 Å². The van der Waals surface area contributed by atoms with Gasteiger partial charge in [0.25, 0.3) is 5.82 Å². The Morgan fingerprint density at radius 3 is 2.28 bits per heavy atom. The van der Waals surface area contributed by atoms with E-state index in [4.69, 9.17) is 4.42 Å². The second-order valence-corrected chi connectivity index (χ2v) is 10.4. The minimum absolute atomic E-state index is 0.380. The van der Waals surface area contributed by atoms with Crippen molar-refractivity contribution in [3.05, 3.63) is 89.6 Å². The summed E-state index contributed by atoms with van der Waals surface area (Å²) in [5.74, 6) is 1.88. The summed E-state index contributed by atoms with van der Waals surface area (Å²) < 4.78 is 11.3. The van der Waals surface area contributed by atoms with E-state index in [-0.39, 0.29) is 0 Å². The van der Waals surface area contributed by atoms with E-state index in [2.05, 4.69) is 110 Å². The molecule has 0 bridgehead atoms. The van der Waals surface area contributed by atoms with Gasteiger partial charge in [0, 0.05) is 22.7 Å². The van der Waals surface area contributed by atoms with Gasteiger partial charge in [0.05, 0.1) is 7.05 Å². The summed E-state index contributed by atoms with van der Waals surface area (Å²) in [6.07, 6.45) is 1.83. The topological polar surface area (TPSA) is 34.8 Å². The zero-order valence-corrected chi connectivity index (χ0v) is 21.8. The molecule has 0 spiro atoms. The van der Waals surface area contributed by atoms with Crippen LogP contribution in [0.25, 0.3) is 50.2 Å². The first-order valence-electron chi connectivity index (χ1n) is 12.8. The van der Waals surface area contributed by atoms with Crippen LogP contribution in [0.2, 0.25) is 0 Å². The molecule has 6 aromatic rings. The molecule has 0 amide bonds. The Balaban J connectivity index is 1.84. The fraction of sp³-hybridized carbons (Fsp3) is 0.250. The minimum atomic E-state index is 0.380. The summed E-state index contributed by atoms with van der Waals surface area (Å²) in [5.41, 5.74) is 11.2. The predicted octanol–water partition coefficient (Wildman–Crippen LogP) is 7.97. The zero-order valence-electron chi connectivity index (χ0n) is 21.8. The van der Waals surface area contributed by atoms with Crippen molar-refractivity contribution in [1.82, 2.24) is 9.55 Å². The van der Waals surface area contributed by atoms with Crippen molar-refractivity contribution in [3.63, 3.8) is 0 Å². The highest BCUT2D eigenvalue weighted by molar-refractivity contribution is 6.08. The molecule has 0 aliphatic heterocycles. The van der Waals surface area contributed by atoms with Crippen molar-refractivity contribution in [1.29, 1.82) is 0 Å². The fourth-order valence-electron chi connectivity index (χ4n) is 5.63. The maximum absolute atomic E-state index is 6.53. The lowest BCUT2D eigenvalue weighted by atomic mass is 9.92. The molecule has 4 heteroatoms. The van der Waals surface area contributed by atoms with E-state index >= 15 is 0 Å². The Morgan fingerprint density at radius 1 is 0.833 bits per heavy atom. The van der Waals surface area contributed by atoms with Gasteiger partial charge in [-0.05, 0) is 54.7 Å². The number of aryl methyl sites for hydroxylation is 2. The quantitative estimate of drug-likeness (QED) is 0.243. The van der Waals surface area contributed by atoms with Crippen molar-refractivity contribution < 1.29 is 8.98 Å². The molecule has 0 radical (unpaired) electrons. The number of rotatable bonds is 4. The summed E-state index contributed by atoms with van der Waals surface area (Å²) >= 11 is 0. The number of hydrogen-bond donors (Lipinski definition) is 0. The van der Waals surface area contributed by atoms with Crippen LogP contribution in [0.1, 0.15) is 56.2 Å². The molecule has 0 N–H and O–H groups in total. The van der Waals surface area contributed by atoms with Gasteiger partial charge in [0.1, 0.15) is 16.8 Å². The maximum Gasteiger partial charge on any atom is 0.299 e. The number of aromatic nitrogens is 3. The van der Waals surface area contributed by atoms with Crippen LogP contribution in [-0.2, 0) is 7.05 Å². The molecule has 3 heterocycles.